The van der Waals surface area contributed by atoms with Crippen molar-refractivity contribution in [1.82, 2.24) is 4.98 Å². The number of aryl methyl sites for hydroxylation is 1. The molecule has 2 heteroatoms. The Labute approximate surface area is 77.4 Å². The van der Waals surface area contributed by atoms with Crippen LogP contribution in [0.3, 0.4) is 0 Å². The monoisotopic (exact) mass is 178 g/mol. The Morgan fingerprint density at radius 1 is 1.42 bits per heavy atom. The lowest BCUT2D eigenvalue weighted by Gasteiger charge is -2.01. The van der Waals surface area contributed by atoms with Gasteiger partial charge in [-0.1, -0.05) is 29.8 Å². The van der Waals surface area contributed by atoms with Crippen molar-refractivity contribution < 1.29 is 1.37 Å². The van der Waals surface area contributed by atoms with Crippen molar-refractivity contribution in [3.63, 3.8) is 0 Å². The van der Waals surface area contributed by atoms with Gasteiger partial charge in [-0.25, -0.2) is 0 Å². The molecule has 0 spiro atoms. The van der Waals surface area contributed by atoms with Crippen LogP contribution < -0.4 is 0 Å². The van der Waals surface area contributed by atoms with Crippen molar-refractivity contribution in [2.75, 3.05) is 0 Å². The highest BCUT2D eigenvalue weighted by atomic mass is 35.5. The first-order valence-corrected chi connectivity index (χ1v) is 4.09. The summed E-state index contributed by atoms with van der Waals surface area (Å²) < 4.78 is 7.37. The molecule has 0 aliphatic carbocycles. The standard InChI is InChI=1S/C10H8ClN/c1-7-4-5-8-3-2-6-12-10(8)9(7)11/h2-6H,1H3/i6D. The molecule has 1 aromatic heterocycles. The first-order valence-electron chi connectivity index (χ1n) is 4.21. The number of aromatic nitrogens is 1. The van der Waals surface area contributed by atoms with Gasteiger partial charge in [0.05, 0.1) is 11.9 Å². The largest absolute Gasteiger partial charge is 0.255 e. The van der Waals surface area contributed by atoms with Crippen LogP contribution in [0, 0.1) is 6.92 Å². The fourth-order valence-electron chi connectivity index (χ4n) is 1.16. The molecule has 0 unspecified atom stereocenters. The van der Waals surface area contributed by atoms with Gasteiger partial charge in [0.25, 0.3) is 0 Å². The van der Waals surface area contributed by atoms with Gasteiger partial charge >= 0.3 is 0 Å². The number of nitrogens with zero attached hydrogens (tertiary/aromatic N) is 1. The Kier molecular flexibility index (Phi) is 1.48. The smallest absolute Gasteiger partial charge is 0.0890 e. The highest BCUT2D eigenvalue weighted by molar-refractivity contribution is 6.35. The van der Waals surface area contributed by atoms with Gasteiger partial charge in [-0.15, -0.1) is 0 Å². The van der Waals surface area contributed by atoms with Crippen molar-refractivity contribution in [2.45, 2.75) is 6.92 Å². The fourth-order valence-corrected chi connectivity index (χ4v) is 1.37. The van der Waals surface area contributed by atoms with Crippen molar-refractivity contribution >= 4 is 22.5 Å². The summed E-state index contributed by atoms with van der Waals surface area (Å²) >= 11 is 6.05. The van der Waals surface area contributed by atoms with Gasteiger partial charge < -0.3 is 0 Å². The number of fused-ring (bicyclic) bond motifs is 1. The van der Waals surface area contributed by atoms with Crippen LogP contribution in [0.25, 0.3) is 10.9 Å². The van der Waals surface area contributed by atoms with Crippen molar-refractivity contribution in [3.05, 3.63) is 41.0 Å². The minimum Gasteiger partial charge on any atom is -0.255 e. The molecule has 0 atom stereocenters. The summed E-state index contributed by atoms with van der Waals surface area (Å²) in [7, 11) is 0. The lowest BCUT2D eigenvalue weighted by atomic mass is 10.1. The third kappa shape index (κ3) is 1.07. The molecular weight excluding hydrogens is 170 g/mol. The van der Waals surface area contributed by atoms with E-state index in [0.717, 1.165) is 10.9 Å². The lowest BCUT2D eigenvalue weighted by molar-refractivity contribution is 1.39. The molecule has 0 radical (unpaired) electrons. The van der Waals surface area contributed by atoms with Crippen LogP contribution in [0.4, 0.5) is 0 Å². The van der Waals surface area contributed by atoms with E-state index in [2.05, 4.69) is 4.98 Å². The van der Waals surface area contributed by atoms with Crippen LogP contribution in [-0.2, 0) is 0 Å². The van der Waals surface area contributed by atoms with Gasteiger partial charge in [0, 0.05) is 11.6 Å². The second kappa shape index (κ2) is 2.76. The quantitative estimate of drug-likeness (QED) is 0.604. The minimum atomic E-state index is 0.250. The summed E-state index contributed by atoms with van der Waals surface area (Å²) in [4.78, 5) is 4.07. The zero-order valence-corrected chi connectivity index (χ0v) is 7.39. The van der Waals surface area contributed by atoms with E-state index < -0.39 is 0 Å². The molecule has 0 saturated heterocycles. The molecule has 0 saturated carbocycles. The Morgan fingerprint density at radius 2 is 2.25 bits per heavy atom. The predicted octanol–water partition coefficient (Wildman–Crippen LogP) is 3.20. The second-order valence-electron chi connectivity index (χ2n) is 2.71. The molecule has 0 aliphatic heterocycles. The number of hydrogen-bond donors (Lipinski definition) is 0. The van der Waals surface area contributed by atoms with E-state index in [-0.39, 0.29) is 6.17 Å². The van der Waals surface area contributed by atoms with Gasteiger partial charge in [-0.3, -0.25) is 4.98 Å². The maximum atomic E-state index is 7.37. The summed E-state index contributed by atoms with van der Waals surface area (Å²) in [6.45, 7) is 1.93. The van der Waals surface area contributed by atoms with Gasteiger partial charge in [0.15, 0.2) is 0 Å². The molecule has 12 heavy (non-hydrogen) atoms. The van der Waals surface area contributed by atoms with Crippen LogP contribution in [0.5, 0.6) is 0 Å². The number of rotatable bonds is 0. The summed E-state index contributed by atoms with van der Waals surface area (Å²) in [5, 5.41) is 1.62. The molecule has 1 heterocycles. The summed E-state index contributed by atoms with van der Waals surface area (Å²) in [6.07, 6.45) is 0.250. The maximum absolute atomic E-state index is 7.37. The van der Waals surface area contributed by atoms with Crippen molar-refractivity contribution in [3.8, 4) is 0 Å². The Morgan fingerprint density at radius 3 is 3.08 bits per heavy atom. The van der Waals surface area contributed by atoms with E-state index in [9.17, 15) is 0 Å². The molecule has 1 aromatic carbocycles. The van der Waals surface area contributed by atoms with Crippen LogP contribution in [0.2, 0.25) is 5.02 Å². The molecule has 2 rings (SSSR count). The molecular formula is C10H8ClN. The zero-order chi connectivity index (χ0) is 9.42. The Balaban J connectivity index is 2.89. The molecule has 0 aliphatic rings. The maximum Gasteiger partial charge on any atom is 0.0890 e. The first-order chi connectivity index (χ1) is 6.18. The van der Waals surface area contributed by atoms with Crippen molar-refractivity contribution in [2.24, 2.45) is 0 Å². The predicted molar refractivity (Wildman–Crippen MR) is 51.5 cm³/mol. The molecule has 0 N–H and O–H groups in total. The second-order valence-corrected chi connectivity index (χ2v) is 3.09. The summed E-state index contributed by atoms with van der Waals surface area (Å²) in [5.41, 5.74) is 1.71. The van der Waals surface area contributed by atoms with Gasteiger partial charge in [-0.2, -0.15) is 0 Å². The molecule has 0 bridgehead atoms. The number of pyridine rings is 1. The van der Waals surface area contributed by atoms with Crippen molar-refractivity contribution in [1.29, 1.82) is 0 Å². The normalized spacial score (nSPS) is 11.7. The van der Waals surface area contributed by atoms with Crippen LogP contribution >= 0.6 is 11.6 Å². The van der Waals surface area contributed by atoms with Gasteiger partial charge in [0.1, 0.15) is 0 Å². The first kappa shape index (κ1) is 6.44. The van der Waals surface area contributed by atoms with E-state index in [1.807, 2.05) is 25.1 Å². The van der Waals surface area contributed by atoms with E-state index >= 15 is 0 Å². The average molecular weight is 179 g/mol. The Bertz CT molecular complexity index is 462. The van der Waals surface area contributed by atoms with E-state index in [0.29, 0.717) is 10.5 Å². The summed E-state index contributed by atoms with van der Waals surface area (Å²) in [6, 6.07) is 7.43. The van der Waals surface area contributed by atoms with E-state index in [1.165, 1.54) is 0 Å². The number of benzene rings is 1. The molecule has 0 amide bonds. The van der Waals surface area contributed by atoms with Crippen LogP contribution in [-0.4, -0.2) is 4.98 Å². The third-order valence-corrected chi connectivity index (χ3v) is 2.33. The summed E-state index contributed by atoms with van der Waals surface area (Å²) in [5.74, 6) is 0. The topological polar surface area (TPSA) is 12.9 Å². The van der Waals surface area contributed by atoms with E-state index in [1.54, 1.807) is 6.07 Å². The van der Waals surface area contributed by atoms with Gasteiger partial charge in [0.2, 0.25) is 0 Å². The molecule has 60 valence electrons. The average Bonchev–Trinajstić information content (AvgIpc) is 2.12. The third-order valence-electron chi connectivity index (χ3n) is 1.85. The number of hydrogen-bond acceptors (Lipinski definition) is 1. The zero-order valence-electron chi connectivity index (χ0n) is 7.63. The lowest BCUT2D eigenvalue weighted by Crippen LogP contribution is -1.81. The molecule has 2 aromatic rings. The highest BCUT2D eigenvalue weighted by Gasteiger charge is 2.01. The van der Waals surface area contributed by atoms with E-state index in [4.69, 9.17) is 13.0 Å². The highest BCUT2D eigenvalue weighted by Crippen LogP contribution is 2.24. The SMILES string of the molecule is [2H]c1ccc2ccc(C)c(Cl)c2n1. The van der Waals surface area contributed by atoms with Crippen LogP contribution in [0.15, 0.2) is 30.4 Å². The number of halogens is 1. The fraction of sp³-hybridized carbons (Fsp3) is 0.100. The Hall–Kier alpha value is -1.08. The minimum absolute atomic E-state index is 0.250. The molecule has 0 fully saturated rings. The molecule has 1 nitrogen and oxygen atoms in total. The van der Waals surface area contributed by atoms with Gasteiger partial charge in [-0.05, 0) is 18.6 Å². The van der Waals surface area contributed by atoms with Crippen LogP contribution in [0.1, 0.15) is 6.93 Å².